The van der Waals surface area contributed by atoms with Gasteiger partial charge in [-0.1, -0.05) is 7.43 Å². The normalized spacial score (nSPS) is 6.00. The first kappa shape index (κ1) is 9.52. The number of hydrazine groups is 1. The van der Waals surface area contributed by atoms with Crippen LogP contribution in [0, 0.1) is 0 Å². The highest BCUT2D eigenvalue weighted by Crippen LogP contribution is 1.45. The molecule has 4 nitrogen and oxygen atoms in total. The maximum atomic E-state index is 9.83. The lowest BCUT2D eigenvalue weighted by molar-refractivity contribution is 0.243. The molecular weight excluding hydrogens is 94.1 g/mol. The number of amides is 2. The van der Waals surface area contributed by atoms with E-state index in [0.29, 0.717) is 0 Å². The van der Waals surface area contributed by atoms with Crippen LogP contribution in [0.3, 0.4) is 0 Å². The SMILES string of the molecule is C.CNC(=O)NN. The zero-order valence-electron chi connectivity index (χ0n) is 3.49. The second kappa shape index (κ2) is 5.23. The largest absolute Gasteiger partial charge is 0.340 e. The Morgan fingerprint density at radius 2 is 2.14 bits per heavy atom. The molecule has 4 heteroatoms. The Bertz CT molecular complexity index is 48.1. The van der Waals surface area contributed by atoms with Gasteiger partial charge >= 0.3 is 6.03 Å². The van der Waals surface area contributed by atoms with Gasteiger partial charge < -0.3 is 5.32 Å². The molecule has 2 amide bonds. The summed E-state index contributed by atoms with van der Waals surface area (Å²) in [6, 6.07) is -0.380. The Morgan fingerprint density at radius 3 is 2.14 bits per heavy atom. The summed E-state index contributed by atoms with van der Waals surface area (Å²) < 4.78 is 0. The molecule has 0 aliphatic heterocycles. The van der Waals surface area contributed by atoms with Gasteiger partial charge in [0.1, 0.15) is 0 Å². The summed E-state index contributed by atoms with van der Waals surface area (Å²) >= 11 is 0. The van der Waals surface area contributed by atoms with Crippen LogP contribution in [0.1, 0.15) is 7.43 Å². The van der Waals surface area contributed by atoms with E-state index in [-0.39, 0.29) is 13.5 Å². The minimum Gasteiger partial charge on any atom is -0.340 e. The highest BCUT2D eigenvalue weighted by atomic mass is 16.2. The summed E-state index contributed by atoms with van der Waals surface area (Å²) in [4.78, 5) is 9.83. The topological polar surface area (TPSA) is 67.2 Å². The number of urea groups is 1. The number of hydrogen-bond acceptors (Lipinski definition) is 2. The number of carbonyl (C=O) groups is 1. The molecule has 0 spiro atoms. The molecule has 0 aromatic rings. The van der Waals surface area contributed by atoms with E-state index in [1.54, 1.807) is 0 Å². The van der Waals surface area contributed by atoms with E-state index in [1.165, 1.54) is 7.05 Å². The van der Waals surface area contributed by atoms with Crippen LogP contribution in [-0.4, -0.2) is 13.1 Å². The Labute approximate surface area is 43.0 Å². The smallest absolute Gasteiger partial charge is 0.328 e. The fourth-order valence-corrected chi connectivity index (χ4v) is 0.0722. The lowest BCUT2D eigenvalue weighted by Gasteiger charge is -1.90. The average Bonchev–Trinajstić information content (AvgIpc) is 1.65. The summed E-state index contributed by atoms with van der Waals surface area (Å²) in [5.74, 6) is 4.62. The highest BCUT2D eigenvalue weighted by molar-refractivity contribution is 5.72. The minimum atomic E-state index is -0.380. The number of nitrogens with two attached hydrogens (primary N) is 1. The van der Waals surface area contributed by atoms with E-state index >= 15 is 0 Å². The molecule has 0 saturated carbocycles. The van der Waals surface area contributed by atoms with E-state index in [1.807, 2.05) is 5.43 Å². The second-order valence-corrected chi connectivity index (χ2v) is 0.723. The maximum Gasteiger partial charge on any atom is 0.328 e. The molecule has 0 radical (unpaired) electrons. The minimum absolute atomic E-state index is 0. The van der Waals surface area contributed by atoms with Crippen molar-refractivity contribution in [2.24, 2.45) is 5.84 Å². The van der Waals surface area contributed by atoms with E-state index in [4.69, 9.17) is 0 Å². The quantitative estimate of drug-likeness (QED) is 0.219. The van der Waals surface area contributed by atoms with E-state index < -0.39 is 0 Å². The summed E-state index contributed by atoms with van der Waals surface area (Å²) in [5.41, 5.74) is 1.86. The third-order valence-electron chi connectivity index (χ3n) is 0.358. The van der Waals surface area contributed by atoms with Crippen molar-refractivity contribution >= 4 is 6.03 Å². The van der Waals surface area contributed by atoms with Gasteiger partial charge in [-0.2, -0.15) is 0 Å². The average molecular weight is 105 g/mol. The lowest BCUT2D eigenvalue weighted by atomic mass is 11.0. The number of hydrogen-bond donors (Lipinski definition) is 3. The van der Waals surface area contributed by atoms with Crippen molar-refractivity contribution < 1.29 is 4.79 Å². The lowest BCUT2D eigenvalue weighted by Crippen LogP contribution is -2.37. The summed E-state index contributed by atoms with van der Waals surface area (Å²) in [6.45, 7) is 0. The molecule has 0 heterocycles. The molecule has 0 aromatic heterocycles. The molecule has 0 rings (SSSR count). The Morgan fingerprint density at radius 1 is 1.71 bits per heavy atom. The van der Waals surface area contributed by atoms with Gasteiger partial charge in [0.2, 0.25) is 0 Å². The van der Waals surface area contributed by atoms with Crippen LogP contribution in [0.15, 0.2) is 0 Å². The van der Waals surface area contributed by atoms with Gasteiger partial charge in [-0.25, -0.2) is 10.6 Å². The first-order valence-electron chi connectivity index (χ1n) is 1.49. The Balaban J connectivity index is 0. The van der Waals surface area contributed by atoms with E-state index in [0.717, 1.165) is 0 Å². The molecule has 7 heavy (non-hydrogen) atoms. The van der Waals surface area contributed by atoms with Crippen LogP contribution in [0.4, 0.5) is 4.79 Å². The third kappa shape index (κ3) is 5.23. The zero-order valence-corrected chi connectivity index (χ0v) is 3.49. The molecule has 4 N–H and O–H groups in total. The zero-order chi connectivity index (χ0) is 4.99. The van der Waals surface area contributed by atoms with Crippen molar-refractivity contribution in [3.8, 4) is 0 Å². The first-order chi connectivity index (χ1) is 2.81. The molecule has 0 atom stereocenters. The van der Waals surface area contributed by atoms with Crippen LogP contribution < -0.4 is 16.6 Å². The molecule has 0 saturated heterocycles. The molecule has 0 aliphatic rings. The van der Waals surface area contributed by atoms with Crippen molar-refractivity contribution in [3.63, 3.8) is 0 Å². The summed E-state index contributed by atoms with van der Waals surface area (Å²) in [7, 11) is 1.49. The second-order valence-electron chi connectivity index (χ2n) is 0.723. The Kier molecular flexibility index (Phi) is 7.12. The van der Waals surface area contributed by atoms with Gasteiger partial charge in [-0.15, -0.1) is 0 Å². The number of nitrogens with one attached hydrogen (secondary N) is 2. The van der Waals surface area contributed by atoms with Crippen LogP contribution in [0.25, 0.3) is 0 Å². The predicted molar refractivity (Wildman–Crippen MR) is 28.5 cm³/mol. The van der Waals surface area contributed by atoms with Crippen molar-refractivity contribution in [2.75, 3.05) is 7.05 Å². The monoisotopic (exact) mass is 105 g/mol. The molecule has 0 aromatic carbocycles. The standard InChI is InChI=1S/C2H7N3O.CH4/c1-4-2(6)5-3;/h3H2,1H3,(H2,4,5,6);1H4. The predicted octanol–water partition coefficient (Wildman–Crippen LogP) is -0.575. The molecule has 0 unspecified atom stereocenters. The van der Waals surface area contributed by atoms with Crippen LogP contribution in [0.2, 0.25) is 0 Å². The first-order valence-corrected chi connectivity index (χ1v) is 1.49. The van der Waals surface area contributed by atoms with Crippen molar-refractivity contribution in [1.82, 2.24) is 10.7 Å². The van der Waals surface area contributed by atoms with Gasteiger partial charge in [-0.05, 0) is 0 Å². The van der Waals surface area contributed by atoms with Gasteiger partial charge in [-0.3, -0.25) is 5.43 Å². The molecular formula is C3H11N3O. The van der Waals surface area contributed by atoms with Crippen LogP contribution in [-0.2, 0) is 0 Å². The van der Waals surface area contributed by atoms with Crippen LogP contribution in [0.5, 0.6) is 0 Å². The van der Waals surface area contributed by atoms with Gasteiger partial charge in [0, 0.05) is 7.05 Å². The van der Waals surface area contributed by atoms with Crippen molar-refractivity contribution in [1.29, 1.82) is 0 Å². The fourth-order valence-electron chi connectivity index (χ4n) is 0.0722. The van der Waals surface area contributed by atoms with Gasteiger partial charge in [0.15, 0.2) is 0 Å². The van der Waals surface area contributed by atoms with Gasteiger partial charge in [0.05, 0.1) is 0 Å². The molecule has 0 bridgehead atoms. The Hall–Kier alpha value is -0.770. The highest BCUT2D eigenvalue weighted by Gasteiger charge is 1.82. The molecule has 0 fully saturated rings. The van der Waals surface area contributed by atoms with Crippen molar-refractivity contribution in [2.45, 2.75) is 7.43 Å². The fraction of sp³-hybridized carbons (Fsp3) is 0.667. The maximum absolute atomic E-state index is 9.83. The molecule has 44 valence electrons. The van der Waals surface area contributed by atoms with Crippen LogP contribution >= 0.6 is 0 Å². The van der Waals surface area contributed by atoms with Crippen molar-refractivity contribution in [3.05, 3.63) is 0 Å². The van der Waals surface area contributed by atoms with E-state index in [9.17, 15) is 4.79 Å². The summed E-state index contributed by atoms with van der Waals surface area (Å²) in [6.07, 6.45) is 0. The third-order valence-corrected chi connectivity index (χ3v) is 0.358. The van der Waals surface area contributed by atoms with Gasteiger partial charge in [0.25, 0.3) is 0 Å². The summed E-state index contributed by atoms with van der Waals surface area (Å²) in [5, 5.41) is 2.24. The number of rotatable bonds is 0. The number of carbonyl (C=O) groups excluding carboxylic acids is 1. The molecule has 0 aliphatic carbocycles. The van der Waals surface area contributed by atoms with E-state index in [2.05, 4.69) is 11.2 Å².